The van der Waals surface area contributed by atoms with Crippen molar-refractivity contribution >= 4 is 17.0 Å². The molecule has 0 spiro atoms. The summed E-state index contributed by atoms with van der Waals surface area (Å²) in [6, 6.07) is 0.0192. The zero-order valence-electron chi connectivity index (χ0n) is 10.8. The van der Waals surface area contributed by atoms with Crippen LogP contribution in [0.4, 0.5) is 19.0 Å². The third kappa shape index (κ3) is 2.34. The Morgan fingerprint density at radius 1 is 1.37 bits per heavy atom. The fourth-order valence-electron chi connectivity index (χ4n) is 1.74. The highest BCUT2D eigenvalue weighted by Crippen LogP contribution is 2.30. The lowest BCUT2D eigenvalue weighted by Crippen LogP contribution is -2.14. The molecule has 2 rings (SSSR count). The maximum Gasteiger partial charge on any atom is 0.451 e. The molecule has 19 heavy (non-hydrogen) atoms. The van der Waals surface area contributed by atoms with Crippen molar-refractivity contribution in [3.05, 3.63) is 12.2 Å². The van der Waals surface area contributed by atoms with Crippen molar-refractivity contribution in [1.82, 2.24) is 19.5 Å². The van der Waals surface area contributed by atoms with Gasteiger partial charge in [-0.25, -0.2) is 15.0 Å². The van der Waals surface area contributed by atoms with E-state index in [1.165, 1.54) is 13.4 Å². The number of fused-ring (bicyclic) bond motifs is 1. The molecule has 1 unspecified atom stereocenters. The zero-order chi connectivity index (χ0) is 14.2. The number of nitrogens with one attached hydrogen (secondary N) is 1. The minimum absolute atomic E-state index is 0.0192. The lowest BCUT2D eigenvalue weighted by atomic mass is 10.2. The van der Waals surface area contributed by atoms with Crippen molar-refractivity contribution in [2.45, 2.75) is 32.5 Å². The Kier molecular flexibility index (Phi) is 3.34. The quantitative estimate of drug-likeness (QED) is 0.934. The molecule has 104 valence electrons. The second kappa shape index (κ2) is 4.67. The lowest BCUT2D eigenvalue weighted by Gasteiger charge is -2.12. The normalized spacial score (nSPS) is 13.8. The number of imidazole rings is 1. The van der Waals surface area contributed by atoms with Crippen LogP contribution in [0.15, 0.2) is 6.33 Å². The monoisotopic (exact) mass is 273 g/mol. The Morgan fingerprint density at radius 2 is 2.05 bits per heavy atom. The van der Waals surface area contributed by atoms with Crippen molar-refractivity contribution in [3.8, 4) is 0 Å². The van der Waals surface area contributed by atoms with Gasteiger partial charge in [-0.1, -0.05) is 6.92 Å². The first kappa shape index (κ1) is 13.6. The van der Waals surface area contributed by atoms with Crippen molar-refractivity contribution in [2.24, 2.45) is 0 Å². The largest absolute Gasteiger partial charge is 0.451 e. The van der Waals surface area contributed by atoms with Gasteiger partial charge < -0.3 is 9.88 Å². The lowest BCUT2D eigenvalue weighted by molar-refractivity contribution is -0.144. The van der Waals surface area contributed by atoms with E-state index in [1.54, 1.807) is 4.57 Å². The van der Waals surface area contributed by atoms with Gasteiger partial charge in [0, 0.05) is 13.1 Å². The predicted molar refractivity (Wildman–Crippen MR) is 64.9 cm³/mol. The molecule has 5 nitrogen and oxygen atoms in total. The van der Waals surface area contributed by atoms with E-state index in [4.69, 9.17) is 0 Å². The molecular formula is C11H14F3N5. The van der Waals surface area contributed by atoms with Crippen LogP contribution in [0, 0.1) is 0 Å². The Labute approximate surface area is 107 Å². The molecule has 0 amide bonds. The molecule has 2 aromatic heterocycles. The summed E-state index contributed by atoms with van der Waals surface area (Å²) in [5.41, 5.74) is 0.539. The molecule has 0 bridgehead atoms. The molecule has 0 aliphatic carbocycles. The SMILES string of the molecule is CCC(C)n1cnc2c(NC)nc(C(F)(F)F)nc21. The van der Waals surface area contributed by atoms with Gasteiger partial charge in [0.1, 0.15) is 5.52 Å². The van der Waals surface area contributed by atoms with Gasteiger partial charge in [-0.2, -0.15) is 13.2 Å². The van der Waals surface area contributed by atoms with Crippen LogP contribution in [0.2, 0.25) is 0 Å². The van der Waals surface area contributed by atoms with Gasteiger partial charge >= 0.3 is 6.18 Å². The summed E-state index contributed by atoms with van der Waals surface area (Å²) < 4.78 is 39.9. The average Bonchev–Trinajstić information content (AvgIpc) is 2.79. The Hall–Kier alpha value is -1.86. The summed E-state index contributed by atoms with van der Waals surface area (Å²) in [7, 11) is 1.50. The fraction of sp³-hybridized carbons (Fsp3) is 0.545. The highest BCUT2D eigenvalue weighted by Gasteiger charge is 2.36. The second-order valence-electron chi connectivity index (χ2n) is 4.22. The van der Waals surface area contributed by atoms with E-state index in [0.717, 1.165) is 6.42 Å². The molecule has 0 saturated carbocycles. The number of rotatable bonds is 3. The first-order chi connectivity index (χ1) is 8.88. The molecule has 0 fully saturated rings. The number of nitrogens with zero attached hydrogens (tertiary/aromatic N) is 4. The van der Waals surface area contributed by atoms with E-state index in [-0.39, 0.29) is 17.5 Å². The predicted octanol–water partition coefficient (Wildman–Crippen LogP) is 2.86. The van der Waals surface area contributed by atoms with Crippen molar-refractivity contribution in [3.63, 3.8) is 0 Å². The molecule has 0 aromatic carbocycles. The van der Waals surface area contributed by atoms with Gasteiger partial charge in [-0.15, -0.1) is 0 Å². The number of hydrogen-bond acceptors (Lipinski definition) is 4. The summed E-state index contributed by atoms with van der Waals surface area (Å²) in [6.45, 7) is 3.84. The molecule has 0 radical (unpaired) electrons. The Morgan fingerprint density at radius 3 is 2.58 bits per heavy atom. The molecule has 2 heterocycles. The number of anilines is 1. The number of aromatic nitrogens is 4. The van der Waals surface area contributed by atoms with E-state index in [0.29, 0.717) is 5.52 Å². The average molecular weight is 273 g/mol. The van der Waals surface area contributed by atoms with E-state index < -0.39 is 12.0 Å². The van der Waals surface area contributed by atoms with Gasteiger partial charge in [-0.05, 0) is 13.3 Å². The molecule has 2 aromatic rings. The molecule has 0 aliphatic rings. The number of halogens is 3. The van der Waals surface area contributed by atoms with Gasteiger partial charge in [0.15, 0.2) is 11.5 Å². The van der Waals surface area contributed by atoms with Gasteiger partial charge in [0.25, 0.3) is 0 Å². The van der Waals surface area contributed by atoms with Crippen molar-refractivity contribution in [2.75, 3.05) is 12.4 Å². The van der Waals surface area contributed by atoms with Crippen LogP contribution in [-0.2, 0) is 6.18 Å². The van der Waals surface area contributed by atoms with Crippen LogP contribution in [0.25, 0.3) is 11.2 Å². The minimum Gasteiger partial charge on any atom is -0.371 e. The van der Waals surface area contributed by atoms with Crippen LogP contribution >= 0.6 is 0 Å². The molecule has 0 aliphatic heterocycles. The van der Waals surface area contributed by atoms with Gasteiger partial charge in [0.05, 0.1) is 6.33 Å². The Balaban J connectivity index is 2.71. The topological polar surface area (TPSA) is 55.6 Å². The summed E-state index contributed by atoms with van der Waals surface area (Å²) in [6.07, 6.45) is -2.31. The van der Waals surface area contributed by atoms with E-state index in [2.05, 4.69) is 20.3 Å². The third-order valence-corrected chi connectivity index (χ3v) is 2.98. The summed E-state index contributed by atoms with van der Waals surface area (Å²) >= 11 is 0. The van der Waals surface area contributed by atoms with Gasteiger partial charge in [0.2, 0.25) is 5.82 Å². The van der Waals surface area contributed by atoms with Crippen LogP contribution in [0.1, 0.15) is 32.1 Å². The minimum atomic E-state index is -4.58. The fourth-order valence-corrected chi connectivity index (χ4v) is 1.74. The highest BCUT2D eigenvalue weighted by atomic mass is 19.4. The first-order valence-corrected chi connectivity index (χ1v) is 5.88. The number of hydrogen-bond donors (Lipinski definition) is 1. The smallest absolute Gasteiger partial charge is 0.371 e. The van der Waals surface area contributed by atoms with E-state index in [9.17, 15) is 13.2 Å². The molecule has 8 heteroatoms. The summed E-state index contributed by atoms with van der Waals surface area (Å²) in [5.74, 6) is -1.08. The molecular weight excluding hydrogens is 259 g/mol. The van der Waals surface area contributed by atoms with E-state index in [1.807, 2.05) is 13.8 Å². The van der Waals surface area contributed by atoms with Gasteiger partial charge in [-0.3, -0.25) is 0 Å². The van der Waals surface area contributed by atoms with Crippen LogP contribution < -0.4 is 5.32 Å². The maximum absolute atomic E-state index is 12.8. The highest BCUT2D eigenvalue weighted by molar-refractivity contribution is 5.83. The molecule has 1 N–H and O–H groups in total. The molecule has 1 atom stereocenters. The molecule has 0 saturated heterocycles. The third-order valence-electron chi connectivity index (χ3n) is 2.98. The summed E-state index contributed by atoms with van der Waals surface area (Å²) in [4.78, 5) is 11.2. The number of alkyl halides is 3. The summed E-state index contributed by atoms with van der Waals surface area (Å²) in [5, 5.41) is 2.63. The second-order valence-corrected chi connectivity index (χ2v) is 4.22. The van der Waals surface area contributed by atoms with Crippen LogP contribution in [-0.4, -0.2) is 26.6 Å². The zero-order valence-corrected chi connectivity index (χ0v) is 10.8. The van der Waals surface area contributed by atoms with Crippen molar-refractivity contribution in [1.29, 1.82) is 0 Å². The van der Waals surface area contributed by atoms with Crippen molar-refractivity contribution < 1.29 is 13.2 Å². The Bertz CT molecular complexity index is 590. The first-order valence-electron chi connectivity index (χ1n) is 5.88. The maximum atomic E-state index is 12.8. The van der Waals surface area contributed by atoms with Crippen LogP contribution in [0.3, 0.4) is 0 Å². The standard InChI is InChI=1S/C11H14F3N5/c1-4-6(2)19-5-16-7-8(15-3)17-10(11(12,13)14)18-9(7)19/h5-6H,4H2,1-3H3,(H,15,17,18). The van der Waals surface area contributed by atoms with Crippen LogP contribution in [0.5, 0.6) is 0 Å². The van der Waals surface area contributed by atoms with E-state index >= 15 is 0 Å².